The summed E-state index contributed by atoms with van der Waals surface area (Å²) in [6, 6.07) is 0.584. The Bertz CT molecular complexity index is 132. The Balaban J connectivity index is 2.03. The first kappa shape index (κ1) is 12.0. The Morgan fingerprint density at radius 2 is 2.21 bits per heavy atom. The third-order valence-corrected chi connectivity index (χ3v) is 3.11. The van der Waals surface area contributed by atoms with Gasteiger partial charge in [0.05, 0.1) is 6.10 Å². The van der Waals surface area contributed by atoms with Crippen molar-refractivity contribution in [1.29, 1.82) is 0 Å². The summed E-state index contributed by atoms with van der Waals surface area (Å²) < 4.78 is 0. The molecule has 2 nitrogen and oxygen atoms in total. The zero-order valence-corrected chi connectivity index (χ0v) is 9.47. The van der Waals surface area contributed by atoms with Gasteiger partial charge < -0.3 is 10.4 Å². The molecule has 0 aromatic carbocycles. The summed E-state index contributed by atoms with van der Waals surface area (Å²) >= 11 is 0. The van der Waals surface area contributed by atoms with E-state index in [1.807, 2.05) is 0 Å². The monoisotopic (exact) mass is 199 g/mol. The molecule has 0 aromatic rings. The summed E-state index contributed by atoms with van der Waals surface area (Å²) in [6.45, 7) is 3.35. The fourth-order valence-corrected chi connectivity index (χ4v) is 2.20. The van der Waals surface area contributed by atoms with Crippen LogP contribution in [0.25, 0.3) is 0 Å². The summed E-state index contributed by atoms with van der Waals surface area (Å²) in [5, 5.41) is 13.3. The molecule has 14 heavy (non-hydrogen) atoms. The maximum Gasteiger partial charge on any atom is 0.0555 e. The maximum atomic E-state index is 9.79. The molecule has 2 heteroatoms. The second-order valence-electron chi connectivity index (χ2n) is 4.53. The summed E-state index contributed by atoms with van der Waals surface area (Å²) in [6.07, 6.45) is 9.47. The number of hydrogen-bond acceptors (Lipinski definition) is 2. The van der Waals surface area contributed by atoms with Crippen LogP contribution < -0.4 is 5.32 Å². The Hall–Kier alpha value is -0.0800. The van der Waals surface area contributed by atoms with Crippen LogP contribution in [0.4, 0.5) is 0 Å². The molecule has 2 N–H and O–H groups in total. The van der Waals surface area contributed by atoms with Gasteiger partial charge in [-0.25, -0.2) is 0 Å². The topological polar surface area (TPSA) is 32.3 Å². The summed E-state index contributed by atoms with van der Waals surface area (Å²) in [7, 11) is 0. The maximum absolute atomic E-state index is 9.79. The fraction of sp³-hybridized carbons (Fsp3) is 1.00. The van der Waals surface area contributed by atoms with E-state index in [4.69, 9.17) is 0 Å². The molecule has 0 spiro atoms. The smallest absolute Gasteiger partial charge is 0.0555 e. The molecule has 0 radical (unpaired) electrons. The zero-order chi connectivity index (χ0) is 10.2. The standard InChI is InChI=1S/C12H25NO/c1-2-3-4-8-12(14)10-11-7-5-6-9-13-11/h11-14H,2-10H2,1H3/t11-,12-/m0/s1. The van der Waals surface area contributed by atoms with Crippen molar-refractivity contribution in [2.45, 2.75) is 70.4 Å². The number of piperidine rings is 1. The largest absolute Gasteiger partial charge is 0.393 e. The minimum Gasteiger partial charge on any atom is -0.393 e. The van der Waals surface area contributed by atoms with Gasteiger partial charge in [0.2, 0.25) is 0 Å². The van der Waals surface area contributed by atoms with Crippen molar-refractivity contribution in [2.75, 3.05) is 6.54 Å². The lowest BCUT2D eigenvalue weighted by Crippen LogP contribution is -2.36. The highest BCUT2D eigenvalue weighted by Gasteiger charge is 2.16. The number of aliphatic hydroxyl groups is 1. The van der Waals surface area contributed by atoms with Gasteiger partial charge in [-0.05, 0) is 32.2 Å². The first-order chi connectivity index (χ1) is 6.83. The molecule has 84 valence electrons. The van der Waals surface area contributed by atoms with Crippen molar-refractivity contribution >= 4 is 0 Å². The van der Waals surface area contributed by atoms with Crippen LogP contribution in [-0.2, 0) is 0 Å². The summed E-state index contributed by atoms with van der Waals surface area (Å²) in [4.78, 5) is 0. The number of aliphatic hydroxyl groups excluding tert-OH is 1. The number of rotatable bonds is 6. The van der Waals surface area contributed by atoms with E-state index in [2.05, 4.69) is 12.2 Å². The molecule has 0 aliphatic carbocycles. The van der Waals surface area contributed by atoms with Gasteiger partial charge in [0.25, 0.3) is 0 Å². The molecule has 1 rings (SSSR count). The van der Waals surface area contributed by atoms with Gasteiger partial charge in [-0.1, -0.05) is 32.6 Å². The molecular weight excluding hydrogens is 174 g/mol. The Morgan fingerprint density at radius 3 is 2.86 bits per heavy atom. The normalized spacial score (nSPS) is 24.9. The van der Waals surface area contributed by atoms with Gasteiger partial charge in [-0.2, -0.15) is 0 Å². The number of nitrogens with one attached hydrogen (secondary N) is 1. The molecular formula is C12H25NO. The molecule has 0 unspecified atom stereocenters. The molecule has 1 heterocycles. The molecule has 0 aromatic heterocycles. The van der Waals surface area contributed by atoms with Crippen LogP contribution in [0.5, 0.6) is 0 Å². The van der Waals surface area contributed by atoms with Crippen molar-refractivity contribution in [3.63, 3.8) is 0 Å². The highest BCUT2D eigenvalue weighted by molar-refractivity contribution is 4.75. The van der Waals surface area contributed by atoms with Crippen molar-refractivity contribution in [3.8, 4) is 0 Å². The summed E-state index contributed by atoms with van der Waals surface area (Å²) in [5.74, 6) is 0. The molecule has 2 atom stereocenters. The Kier molecular flexibility index (Phi) is 6.20. The Morgan fingerprint density at radius 1 is 1.36 bits per heavy atom. The van der Waals surface area contributed by atoms with E-state index in [-0.39, 0.29) is 6.10 Å². The van der Waals surface area contributed by atoms with E-state index in [1.54, 1.807) is 0 Å². The molecule has 1 aliphatic heterocycles. The number of hydrogen-bond donors (Lipinski definition) is 2. The predicted octanol–water partition coefficient (Wildman–Crippen LogP) is 2.46. The van der Waals surface area contributed by atoms with E-state index in [1.165, 1.54) is 38.5 Å². The van der Waals surface area contributed by atoms with E-state index < -0.39 is 0 Å². The molecule has 1 aliphatic rings. The van der Waals surface area contributed by atoms with Gasteiger partial charge in [0.15, 0.2) is 0 Å². The lowest BCUT2D eigenvalue weighted by atomic mass is 9.97. The molecule has 1 fully saturated rings. The lowest BCUT2D eigenvalue weighted by molar-refractivity contribution is 0.131. The van der Waals surface area contributed by atoms with Crippen molar-refractivity contribution in [1.82, 2.24) is 5.32 Å². The third-order valence-electron chi connectivity index (χ3n) is 3.11. The number of unbranched alkanes of at least 4 members (excludes halogenated alkanes) is 2. The van der Waals surface area contributed by atoms with Gasteiger partial charge in [-0.15, -0.1) is 0 Å². The second-order valence-corrected chi connectivity index (χ2v) is 4.53. The van der Waals surface area contributed by atoms with Crippen LogP contribution in [0.15, 0.2) is 0 Å². The van der Waals surface area contributed by atoms with Gasteiger partial charge in [-0.3, -0.25) is 0 Å². The minimum atomic E-state index is -0.0721. The van der Waals surface area contributed by atoms with Crippen LogP contribution in [0.1, 0.15) is 58.3 Å². The highest BCUT2D eigenvalue weighted by Crippen LogP contribution is 2.15. The minimum absolute atomic E-state index is 0.0721. The predicted molar refractivity (Wildman–Crippen MR) is 60.4 cm³/mol. The molecule has 0 amide bonds. The van der Waals surface area contributed by atoms with Crippen LogP contribution in [-0.4, -0.2) is 23.8 Å². The van der Waals surface area contributed by atoms with E-state index in [0.29, 0.717) is 6.04 Å². The SMILES string of the molecule is CCCCC[C@H](O)C[C@@H]1CCCCN1. The van der Waals surface area contributed by atoms with Crippen molar-refractivity contribution in [3.05, 3.63) is 0 Å². The first-order valence-electron chi connectivity index (χ1n) is 6.24. The Labute approximate surface area is 88.1 Å². The van der Waals surface area contributed by atoms with E-state index >= 15 is 0 Å². The highest BCUT2D eigenvalue weighted by atomic mass is 16.3. The quantitative estimate of drug-likeness (QED) is 0.644. The fourth-order valence-electron chi connectivity index (χ4n) is 2.20. The van der Waals surface area contributed by atoms with Crippen LogP contribution in [0, 0.1) is 0 Å². The van der Waals surface area contributed by atoms with Crippen LogP contribution in [0.2, 0.25) is 0 Å². The van der Waals surface area contributed by atoms with E-state index in [9.17, 15) is 5.11 Å². The molecule has 0 saturated carbocycles. The van der Waals surface area contributed by atoms with Crippen LogP contribution in [0.3, 0.4) is 0 Å². The third kappa shape index (κ3) is 4.97. The van der Waals surface area contributed by atoms with Gasteiger partial charge in [0, 0.05) is 6.04 Å². The summed E-state index contributed by atoms with van der Waals surface area (Å²) in [5.41, 5.74) is 0. The first-order valence-corrected chi connectivity index (χ1v) is 6.24. The van der Waals surface area contributed by atoms with Gasteiger partial charge >= 0.3 is 0 Å². The average Bonchev–Trinajstić information content (AvgIpc) is 2.20. The van der Waals surface area contributed by atoms with Crippen molar-refractivity contribution in [2.24, 2.45) is 0 Å². The second kappa shape index (κ2) is 7.24. The van der Waals surface area contributed by atoms with E-state index in [0.717, 1.165) is 19.4 Å². The average molecular weight is 199 g/mol. The van der Waals surface area contributed by atoms with Crippen molar-refractivity contribution < 1.29 is 5.11 Å². The van der Waals surface area contributed by atoms with Crippen LogP contribution >= 0.6 is 0 Å². The zero-order valence-electron chi connectivity index (χ0n) is 9.47. The lowest BCUT2D eigenvalue weighted by Gasteiger charge is -2.25. The molecule has 0 bridgehead atoms. The van der Waals surface area contributed by atoms with Gasteiger partial charge in [0.1, 0.15) is 0 Å². The molecule has 1 saturated heterocycles.